The van der Waals surface area contributed by atoms with Gasteiger partial charge in [0.1, 0.15) is 5.54 Å². The Kier molecular flexibility index (Phi) is 4.14. The molecule has 98 valence electrons. The van der Waals surface area contributed by atoms with Gasteiger partial charge in [-0.2, -0.15) is 0 Å². The van der Waals surface area contributed by atoms with Gasteiger partial charge in [-0.3, -0.25) is 4.79 Å². The Bertz CT molecular complexity index is 315. The van der Waals surface area contributed by atoms with Crippen LogP contribution in [0.5, 0.6) is 0 Å². The van der Waals surface area contributed by atoms with E-state index in [4.69, 9.17) is 10.8 Å². The van der Waals surface area contributed by atoms with E-state index in [-0.39, 0.29) is 17.7 Å². The van der Waals surface area contributed by atoms with Gasteiger partial charge >= 0.3 is 5.97 Å². The van der Waals surface area contributed by atoms with Crippen molar-refractivity contribution < 1.29 is 14.7 Å². The van der Waals surface area contributed by atoms with Crippen LogP contribution in [0, 0.1) is 11.8 Å². The molecule has 17 heavy (non-hydrogen) atoms. The van der Waals surface area contributed by atoms with E-state index >= 15 is 0 Å². The SMILES string of the molecule is CN(C(=O)C1CCCC1CN)C(C)(C)C(=O)O. The van der Waals surface area contributed by atoms with Crippen LogP contribution in [0.4, 0.5) is 0 Å². The van der Waals surface area contributed by atoms with Gasteiger partial charge in [0, 0.05) is 13.0 Å². The molecule has 0 aromatic carbocycles. The Morgan fingerprint density at radius 1 is 1.41 bits per heavy atom. The van der Waals surface area contributed by atoms with Gasteiger partial charge in [0.25, 0.3) is 0 Å². The summed E-state index contributed by atoms with van der Waals surface area (Å²) in [6, 6.07) is 0. The Hall–Kier alpha value is -1.10. The van der Waals surface area contributed by atoms with Crippen LogP contribution in [0.25, 0.3) is 0 Å². The van der Waals surface area contributed by atoms with Gasteiger partial charge < -0.3 is 15.7 Å². The second-order valence-electron chi connectivity index (χ2n) is 5.29. The third-order valence-corrected chi connectivity index (χ3v) is 3.97. The lowest BCUT2D eigenvalue weighted by Gasteiger charge is -2.34. The van der Waals surface area contributed by atoms with E-state index in [1.165, 1.54) is 4.90 Å². The third kappa shape index (κ3) is 2.60. The molecule has 1 aliphatic carbocycles. The average molecular weight is 242 g/mol. The van der Waals surface area contributed by atoms with E-state index in [9.17, 15) is 9.59 Å². The van der Waals surface area contributed by atoms with Gasteiger partial charge in [-0.05, 0) is 39.2 Å². The molecule has 0 saturated heterocycles. The smallest absolute Gasteiger partial charge is 0.329 e. The van der Waals surface area contributed by atoms with Crippen LogP contribution in [0.2, 0.25) is 0 Å². The maximum atomic E-state index is 12.3. The molecule has 2 atom stereocenters. The first-order chi connectivity index (χ1) is 7.82. The minimum atomic E-state index is -1.17. The second-order valence-corrected chi connectivity index (χ2v) is 5.29. The van der Waals surface area contributed by atoms with Gasteiger partial charge in [-0.25, -0.2) is 4.79 Å². The first-order valence-electron chi connectivity index (χ1n) is 6.03. The highest BCUT2D eigenvalue weighted by molar-refractivity contribution is 5.87. The zero-order chi connectivity index (χ0) is 13.2. The predicted octanol–water partition coefficient (Wildman–Crippen LogP) is 0.683. The van der Waals surface area contributed by atoms with Gasteiger partial charge in [-0.15, -0.1) is 0 Å². The summed E-state index contributed by atoms with van der Waals surface area (Å²) in [6.07, 6.45) is 2.79. The first-order valence-corrected chi connectivity index (χ1v) is 6.03. The van der Waals surface area contributed by atoms with Crippen molar-refractivity contribution in [3.05, 3.63) is 0 Å². The second kappa shape index (κ2) is 5.04. The lowest BCUT2D eigenvalue weighted by molar-refractivity contribution is -0.157. The topological polar surface area (TPSA) is 83.6 Å². The normalized spacial score (nSPS) is 24.7. The number of carboxylic acid groups (broad SMARTS) is 1. The molecule has 0 aromatic rings. The molecule has 1 fully saturated rings. The van der Waals surface area contributed by atoms with E-state index < -0.39 is 11.5 Å². The fourth-order valence-corrected chi connectivity index (χ4v) is 2.31. The molecular weight excluding hydrogens is 220 g/mol. The highest BCUT2D eigenvalue weighted by Gasteiger charge is 2.41. The Balaban J connectivity index is 2.79. The minimum Gasteiger partial charge on any atom is -0.480 e. The molecule has 1 saturated carbocycles. The van der Waals surface area contributed by atoms with Crippen molar-refractivity contribution in [2.75, 3.05) is 13.6 Å². The number of nitrogens with zero attached hydrogens (tertiary/aromatic N) is 1. The maximum absolute atomic E-state index is 12.3. The number of aliphatic carboxylic acids is 1. The molecule has 1 rings (SSSR count). The Morgan fingerprint density at radius 2 is 2.00 bits per heavy atom. The number of amides is 1. The van der Waals surface area contributed by atoms with Crippen molar-refractivity contribution in [1.29, 1.82) is 0 Å². The monoisotopic (exact) mass is 242 g/mol. The van der Waals surface area contributed by atoms with Gasteiger partial charge in [-0.1, -0.05) is 6.42 Å². The highest BCUT2D eigenvalue weighted by atomic mass is 16.4. The maximum Gasteiger partial charge on any atom is 0.329 e. The van der Waals surface area contributed by atoms with E-state index in [1.807, 2.05) is 0 Å². The van der Waals surface area contributed by atoms with Crippen molar-refractivity contribution >= 4 is 11.9 Å². The van der Waals surface area contributed by atoms with Crippen LogP contribution in [0.3, 0.4) is 0 Å². The standard InChI is InChI=1S/C12H22N2O3/c1-12(2,11(16)17)14(3)10(15)9-6-4-5-8(9)7-13/h8-9H,4-7,13H2,1-3H3,(H,16,17). The summed E-state index contributed by atoms with van der Waals surface area (Å²) in [7, 11) is 1.56. The summed E-state index contributed by atoms with van der Waals surface area (Å²) in [5.41, 5.74) is 4.48. The summed E-state index contributed by atoms with van der Waals surface area (Å²) >= 11 is 0. The molecular formula is C12H22N2O3. The third-order valence-electron chi connectivity index (χ3n) is 3.97. The average Bonchev–Trinajstić information content (AvgIpc) is 2.74. The highest BCUT2D eigenvalue weighted by Crippen LogP contribution is 2.33. The molecule has 0 radical (unpaired) electrons. The van der Waals surface area contributed by atoms with Crippen molar-refractivity contribution in [3.8, 4) is 0 Å². The van der Waals surface area contributed by atoms with Crippen LogP contribution in [-0.4, -0.2) is 41.0 Å². The molecule has 3 N–H and O–H groups in total. The van der Waals surface area contributed by atoms with E-state index in [0.717, 1.165) is 19.3 Å². The number of rotatable bonds is 4. The summed E-state index contributed by atoms with van der Waals surface area (Å²) < 4.78 is 0. The molecule has 2 unspecified atom stereocenters. The molecule has 5 nitrogen and oxygen atoms in total. The fourth-order valence-electron chi connectivity index (χ4n) is 2.31. The number of likely N-dealkylation sites (N-methyl/N-ethyl adjacent to an activating group) is 1. The summed E-state index contributed by atoms with van der Waals surface area (Å²) in [4.78, 5) is 24.7. The first kappa shape index (κ1) is 14.0. The van der Waals surface area contributed by atoms with Crippen molar-refractivity contribution in [2.24, 2.45) is 17.6 Å². The number of carbonyl (C=O) groups excluding carboxylic acids is 1. The lowest BCUT2D eigenvalue weighted by Crippen LogP contribution is -2.53. The van der Waals surface area contributed by atoms with Crippen LogP contribution in [0.1, 0.15) is 33.1 Å². The predicted molar refractivity (Wildman–Crippen MR) is 64.4 cm³/mol. The van der Waals surface area contributed by atoms with E-state index in [0.29, 0.717) is 6.54 Å². The summed E-state index contributed by atoms with van der Waals surface area (Å²) in [5, 5.41) is 9.11. The van der Waals surface area contributed by atoms with E-state index in [1.54, 1.807) is 20.9 Å². The van der Waals surface area contributed by atoms with E-state index in [2.05, 4.69) is 0 Å². The lowest BCUT2D eigenvalue weighted by atomic mass is 9.92. The number of hydrogen-bond donors (Lipinski definition) is 2. The largest absolute Gasteiger partial charge is 0.480 e. The van der Waals surface area contributed by atoms with Gasteiger partial charge in [0.05, 0.1) is 0 Å². The van der Waals surface area contributed by atoms with Crippen LogP contribution in [-0.2, 0) is 9.59 Å². The van der Waals surface area contributed by atoms with Crippen molar-refractivity contribution in [2.45, 2.75) is 38.6 Å². The molecule has 0 aromatic heterocycles. The molecule has 0 heterocycles. The quantitative estimate of drug-likeness (QED) is 0.759. The molecule has 0 spiro atoms. The van der Waals surface area contributed by atoms with Crippen molar-refractivity contribution in [3.63, 3.8) is 0 Å². The van der Waals surface area contributed by atoms with Crippen LogP contribution >= 0.6 is 0 Å². The molecule has 1 amide bonds. The van der Waals surface area contributed by atoms with Crippen LogP contribution < -0.4 is 5.73 Å². The van der Waals surface area contributed by atoms with Gasteiger partial charge in [0.2, 0.25) is 5.91 Å². The molecule has 1 aliphatic rings. The number of carboxylic acids is 1. The zero-order valence-electron chi connectivity index (χ0n) is 10.8. The Labute approximate surface area is 102 Å². The minimum absolute atomic E-state index is 0.0923. The summed E-state index contributed by atoms with van der Waals surface area (Å²) in [5.74, 6) is -0.987. The Morgan fingerprint density at radius 3 is 2.47 bits per heavy atom. The van der Waals surface area contributed by atoms with Crippen molar-refractivity contribution in [1.82, 2.24) is 4.90 Å². The number of hydrogen-bond acceptors (Lipinski definition) is 3. The summed E-state index contributed by atoms with van der Waals surface area (Å²) in [6.45, 7) is 3.58. The number of nitrogens with two attached hydrogens (primary N) is 1. The van der Waals surface area contributed by atoms with Gasteiger partial charge in [0.15, 0.2) is 0 Å². The van der Waals surface area contributed by atoms with Crippen LogP contribution in [0.15, 0.2) is 0 Å². The number of carbonyl (C=O) groups is 2. The molecule has 0 aliphatic heterocycles. The fraction of sp³-hybridized carbons (Fsp3) is 0.833. The zero-order valence-corrected chi connectivity index (χ0v) is 10.8. The molecule has 5 heteroatoms. The molecule has 0 bridgehead atoms.